The minimum atomic E-state index is -4.58. The Kier molecular flexibility index (Phi) is 4.52. The van der Waals surface area contributed by atoms with E-state index >= 15 is 0 Å². The predicted molar refractivity (Wildman–Crippen MR) is 110 cm³/mol. The second-order valence-corrected chi connectivity index (χ2v) is 9.35. The van der Waals surface area contributed by atoms with Crippen molar-refractivity contribution < 1.29 is 21.6 Å². The molecule has 166 valence electrons. The van der Waals surface area contributed by atoms with Crippen LogP contribution in [0, 0.1) is 0 Å². The van der Waals surface area contributed by atoms with Gasteiger partial charge < -0.3 is 0 Å². The van der Waals surface area contributed by atoms with E-state index in [-0.39, 0.29) is 16.5 Å². The number of benzene rings is 1. The molecule has 5 rings (SSSR count). The lowest BCUT2D eigenvalue weighted by Gasteiger charge is -2.14. The fourth-order valence-corrected chi connectivity index (χ4v) is 4.64. The topological polar surface area (TPSA) is 94.7 Å². The molecule has 1 aromatic carbocycles. The van der Waals surface area contributed by atoms with E-state index in [0.717, 1.165) is 46.9 Å². The molecule has 3 heterocycles. The van der Waals surface area contributed by atoms with Crippen LogP contribution in [0.2, 0.25) is 0 Å². The normalized spacial score (nSPS) is 14.8. The fourth-order valence-electron chi connectivity index (χ4n) is 3.61. The molecule has 0 bridgehead atoms. The van der Waals surface area contributed by atoms with Gasteiger partial charge in [-0.1, -0.05) is 12.1 Å². The number of pyridine rings is 1. The Balaban J connectivity index is 1.52. The first kappa shape index (κ1) is 20.5. The van der Waals surface area contributed by atoms with Crippen LogP contribution in [0.25, 0.3) is 16.6 Å². The maximum absolute atomic E-state index is 13.2. The first-order valence-corrected chi connectivity index (χ1v) is 11.2. The number of hydrogen-bond acceptors (Lipinski definition) is 5. The molecule has 1 saturated carbocycles. The second-order valence-electron chi connectivity index (χ2n) is 7.67. The zero-order chi connectivity index (χ0) is 22.7. The number of fused-ring (bicyclic) bond motifs is 1. The van der Waals surface area contributed by atoms with E-state index in [2.05, 4.69) is 19.9 Å². The molecule has 0 spiro atoms. The van der Waals surface area contributed by atoms with E-state index in [4.69, 9.17) is 0 Å². The monoisotopic (exact) mass is 462 g/mol. The molecule has 12 heteroatoms. The van der Waals surface area contributed by atoms with Crippen molar-refractivity contribution in [2.75, 3.05) is 4.72 Å². The van der Waals surface area contributed by atoms with Crippen molar-refractivity contribution in [1.29, 1.82) is 0 Å². The Bertz CT molecular complexity index is 1440. The summed E-state index contributed by atoms with van der Waals surface area (Å²) in [6.07, 6.45) is 3.13. The van der Waals surface area contributed by atoms with Crippen LogP contribution in [0.5, 0.6) is 0 Å². The van der Waals surface area contributed by atoms with Crippen LogP contribution in [0.4, 0.5) is 18.9 Å². The lowest BCUT2D eigenvalue weighted by Crippen LogP contribution is -2.15. The summed E-state index contributed by atoms with van der Waals surface area (Å²) in [5, 5.41) is 8.94. The van der Waals surface area contributed by atoms with Gasteiger partial charge in [-0.2, -0.15) is 23.4 Å². The maximum Gasteiger partial charge on any atom is 0.417 e. The average Bonchev–Trinajstić information content (AvgIpc) is 3.31. The molecule has 0 aliphatic heterocycles. The molecule has 1 aliphatic rings. The van der Waals surface area contributed by atoms with Crippen molar-refractivity contribution in [2.45, 2.75) is 29.8 Å². The van der Waals surface area contributed by atoms with Crippen LogP contribution >= 0.6 is 0 Å². The number of anilines is 1. The highest BCUT2D eigenvalue weighted by molar-refractivity contribution is 7.92. The smallest absolute Gasteiger partial charge is 0.277 e. The number of rotatable bonds is 5. The highest BCUT2D eigenvalue weighted by Gasteiger charge is 2.32. The molecular weight excluding hydrogens is 445 g/mol. The van der Waals surface area contributed by atoms with Crippen molar-refractivity contribution >= 4 is 26.6 Å². The molecule has 0 atom stereocenters. The number of sulfonamides is 1. The quantitative estimate of drug-likeness (QED) is 0.486. The van der Waals surface area contributed by atoms with Crippen molar-refractivity contribution in [3.05, 3.63) is 60.3 Å². The van der Waals surface area contributed by atoms with E-state index in [1.165, 1.54) is 6.20 Å². The van der Waals surface area contributed by atoms with Gasteiger partial charge in [-0.25, -0.2) is 13.1 Å². The van der Waals surface area contributed by atoms with E-state index in [0.29, 0.717) is 17.4 Å². The van der Waals surface area contributed by atoms with Gasteiger partial charge in [0.05, 0.1) is 47.2 Å². The van der Waals surface area contributed by atoms with Crippen molar-refractivity contribution in [3.8, 4) is 5.69 Å². The Morgan fingerprint density at radius 2 is 1.88 bits per heavy atom. The van der Waals surface area contributed by atoms with Gasteiger partial charge in [0.15, 0.2) is 0 Å². The molecule has 0 unspecified atom stereocenters. The van der Waals surface area contributed by atoms with Gasteiger partial charge in [-0.05, 0) is 30.4 Å². The highest BCUT2D eigenvalue weighted by atomic mass is 32.2. The Hall–Kier alpha value is -3.41. The molecule has 0 amide bonds. The van der Waals surface area contributed by atoms with Gasteiger partial charge >= 0.3 is 6.18 Å². The average molecular weight is 462 g/mol. The van der Waals surface area contributed by atoms with Crippen LogP contribution < -0.4 is 4.72 Å². The Morgan fingerprint density at radius 3 is 2.59 bits per heavy atom. The molecule has 1 fully saturated rings. The summed E-state index contributed by atoms with van der Waals surface area (Å²) in [5.41, 5.74) is 1.05. The van der Waals surface area contributed by atoms with Gasteiger partial charge in [-0.3, -0.25) is 14.4 Å². The molecule has 32 heavy (non-hydrogen) atoms. The first-order chi connectivity index (χ1) is 15.1. The maximum atomic E-state index is 13.2. The summed E-state index contributed by atoms with van der Waals surface area (Å²) in [5.74, 6) is 0.269. The lowest BCUT2D eigenvalue weighted by molar-refractivity contribution is -0.137. The van der Waals surface area contributed by atoms with Crippen molar-refractivity contribution in [3.63, 3.8) is 0 Å². The number of aryl methyl sites for hydroxylation is 1. The van der Waals surface area contributed by atoms with Crippen LogP contribution in [0.1, 0.15) is 29.9 Å². The summed E-state index contributed by atoms with van der Waals surface area (Å²) < 4.78 is 70.6. The van der Waals surface area contributed by atoms with Gasteiger partial charge in [0.1, 0.15) is 4.90 Å². The summed E-state index contributed by atoms with van der Waals surface area (Å²) in [6.45, 7) is 0. The largest absolute Gasteiger partial charge is 0.417 e. The van der Waals surface area contributed by atoms with Crippen LogP contribution in [0.3, 0.4) is 0 Å². The van der Waals surface area contributed by atoms with Crippen molar-refractivity contribution in [2.24, 2.45) is 7.05 Å². The Morgan fingerprint density at radius 1 is 1.09 bits per heavy atom. The van der Waals surface area contributed by atoms with Gasteiger partial charge in [0, 0.05) is 18.6 Å². The zero-order valence-corrected chi connectivity index (χ0v) is 17.5. The van der Waals surface area contributed by atoms with Gasteiger partial charge in [-0.15, -0.1) is 0 Å². The molecule has 3 aromatic heterocycles. The number of aromatic nitrogens is 5. The number of halogens is 3. The predicted octanol–water partition coefficient (Wildman–Crippen LogP) is 3.85. The molecule has 4 aromatic rings. The number of alkyl halides is 3. The third kappa shape index (κ3) is 3.60. The van der Waals surface area contributed by atoms with E-state index in [1.54, 1.807) is 17.9 Å². The number of nitrogens with one attached hydrogen (secondary N) is 1. The number of nitrogens with zero attached hydrogens (tertiary/aromatic N) is 5. The second kappa shape index (κ2) is 7.05. The molecule has 0 saturated heterocycles. The minimum absolute atomic E-state index is 0.00585. The van der Waals surface area contributed by atoms with Crippen LogP contribution in [-0.4, -0.2) is 33.0 Å². The standard InChI is InChI=1S/C20H17F3N6O2S/c1-28-19-13(7-25-28)4-5-17(12-2-3-12)18(19)27-32(30,31)16-10-26-29(11-16)15-6-14(8-24-9-15)20(21,22)23/h4-12,27H,2-3H2,1H3. The van der Waals surface area contributed by atoms with E-state index < -0.39 is 21.8 Å². The Labute approximate surface area is 180 Å². The molecule has 8 nitrogen and oxygen atoms in total. The third-order valence-corrected chi connectivity index (χ3v) is 6.68. The minimum Gasteiger partial charge on any atom is -0.277 e. The van der Waals surface area contributed by atoms with Gasteiger partial charge in [0.25, 0.3) is 10.0 Å². The van der Waals surface area contributed by atoms with Crippen molar-refractivity contribution in [1.82, 2.24) is 24.5 Å². The molecular formula is C20H17F3N6O2S. The molecule has 1 aliphatic carbocycles. The number of hydrogen-bond donors (Lipinski definition) is 1. The first-order valence-electron chi connectivity index (χ1n) is 9.68. The highest BCUT2D eigenvalue weighted by Crippen LogP contribution is 2.46. The van der Waals surface area contributed by atoms with Gasteiger partial charge in [0.2, 0.25) is 0 Å². The third-order valence-electron chi connectivity index (χ3n) is 5.37. The fraction of sp³-hybridized carbons (Fsp3) is 0.250. The SMILES string of the molecule is Cn1ncc2ccc(C3CC3)c(NS(=O)(=O)c3cnn(-c4cncc(C(F)(F)F)c4)c3)c21. The molecule has 1 N–H and O–H groups in total. The lowest BCUT2D eigenvalue weighted by atomic mass is 10.1. The molecule has 0 radical (unpaired) electrons. The summed E-state index contributed by atoms with van der Waals surface area (Å²) in [6, 6.07) is 4.66. The summed E-state index contributed by atoms with van der Waals surface area (Å²) in [4.78, 5) is 3.40. The van der Waals surface area contributed by atoms with Crippen LogP contribution in [0.15, 0.2) is 54.1 Å². The van der Waals surface area contributed by atoms with E-state index in [1.807, 2.05) is 12.1 Å². The zero-order valence-electron chi connectivity index (χ0n) is 16.7. The van der Waals surface area contributed by atoms with Crippen LogP contribution in [-0.2, 0) is 23.2 Å². The van der Waals surface area contributed by atoms with E-state index in [9.17, 15) is 21.6 Å². The summed E-state index contributed by atoms with van der Waals surface area (Å²) in [7, 11) is -2.34. The summed E-state index contributed by atoms with van der Waals surface area (Å²) >= 11 is 0.